The summed E-state index contributed by atoms with van der Waals surface area (Å²) in [6.07, 6.45) is 5.29. The van der Waals surface area contributed by atoms with Crippen molar-refractivity contribution in [3.05, 3.63) is 86.0 Å². The Morgan fingerprint density at radius 2 is 1.79 bits per heavy atom. The van der Waals surface area contributed by atoms with Crippen molar-refractivity contribution in [2.75, 3.05) is 31.1 Å². The van der Waals surface area contributed by atoms with E-state index < -0.39 is 6.04 Å². The summed E-state index contributed by atoms with van der Waals surface area (Å²) in [6, 6.07) is 14.7. The van der Waals surface area contributed by atoms with Gasteiger partial charge in [0, 0.05) is 55.1 Å². The molecule has 4 aromatic rings. The minimum Gasteiger partial charge on any atom is -0.369 e. The van der Waals surface area contributed by atoms with Crippen LogP contribution < -0.4 is 10.5 Å². The number of benzene rings is 2. The number of tetrazole rings is 1. The Kier molecular flexibility index (Phi) is 6.82. The average Bonchev–Trinajstić information content (AvgIpc) is 3.66. The fourth-order valence-corrected chi connectivity index (χ4v) is 6.01. The van der Waals surface area contributed by atoms with Crippen LogP contribution in [0.2, 0.25) is 0 Å². The van der Waals surface area contributed by atoms with E-state index in [9.17, 15) is 14.9 Å². The molecule has 1 aliphatic carbocycles. The van der Waals surface area contributed by atoms with Crippen LogP contribution in [-0.2, 0) is 6.42 Å². The average molecular weight is 529 g/mol. The molecule has 1 saturated heterocycles. The number of nitrogens with one attached hydrogen (secondary N) is 1. The zero-order chi connectivity index (χ0) is 26.9. The molecular formula is C28H32N8O3. The Bertz CT molecular complexity index is 1530. The van der Waals surface area contributed by atoms with E-state index in [1.54, 1.807) is 24.3 Å². The van der Waals surface area contributed by atoms with Gasteiger partial charge in [-0.05, 0) is 71.0 Å². The van der Waals surface area contributed by atoms with E-state index in [-0.39, 0.29) is 22.2 Å². The maximum atomic E-state index is 13.5. The van der Waals surface area contributed by atoms with Gasteiger partial charge in [0.05, 0.1) is 11.0 Å². The first-order valence-electron chi connectivity index (χ1n) is 13.7. The molecule has 1 saturated carbocycles. The van der Waals surface area contributed by atoms with E-state index in [0.29, 0.717) is 37.6 Å². The van der Waals surface area contributed by atoms with Crippen LogP contribution in [0.25, 0.3) is 10.9 Å². The van der Waals surface area contributed by atoms with Gasteiger partial charge in [-0.1, -0.05) is 25.8 Å². The number of nitro groups is 1. The molecule has 0 radical (unpaired) electrons. The van der Waals surface area contributed by atoms with Crippen LogP contribution in [0.15, 0.2) is 53.3 Å². The fraction of sp³-hybridized carbons (Fsp3) is 0.429. The van der Waals surface area contributed by atoms with Crippen molar-refractivity contribution in [1.29, 1.82) is 0 Å². The lowest BCUT2D eigenvalue weighted by Crippen LogP contribution is -2.49. The Labute approximate surface area is 225 Å². The number of aryl methyl sites for hydroxylation is 1. The second kappa shape index (κ2) is 10.6. The number of H-pyrrole nitrogens is 1. The molecule has 11 heteroatoms. The molecule has 2 fully saturated rings. The van der Waals surface area contributed by atoms with Gasteiger partial charge in [-0.2, -0.15) is 0 Å². The van der Waals surface area contributed by atoms with E-state index >= 15 is 0 Å². The van der Waals surface area contributed by atoms with Crippen molar-refractivity contribution in [2.45, 2.75) is 51.1 Å². The number of hydrogen-bond donors (Lipinski definition) is 1. The van der Waals surface area contributed by atoms with Crippen molar-refractivity contribution in [1.82, 2.24) is 30.1 Å². The normalized spacial score (nSPS) is 17.6. The SMILES string of the molecule is CCc1ccc2[nH]c(=O)c([C@@H](c3nnnn3C3CCCC3)N3CCN(c4ccc([N+](=O)[O-])cc4)CC3)cc2c1. The zero-order valence-electron chi connectivity index (χ0n) is 22.0. The van der Waals surface area contributed by atoms with Gasteiger partial charge in [-0.3, -0.25) is 19.8 Å². The molecule has 2 aromatic heterocycles. The van der Waals surface area contributed by atoms with Crippen LogP contribution in [0.3, 0.4) is 0 Å². The topological polar surface area (TPSA) is 126 Å². The third kappa shape index (κ3) is 4.89. The second-order valence-corrected chi connectivity index (χ2v) is 10.4. The van der Waals surface area contributed by atoms with Crippen LogP contribution in [0, 0.1) is 10.1 Å². The molecule has 1 atom stereocenters. The molecule has 11 nitrogen and oxygen atoms in total. The highest BCUT2D eigenvalue weighted by Gasteiger charge is 2.34. The highest BCUT2D eigenvalue weighted by Crippen LogP contribution is 2.34. The number of hydrogen-bond acceptors (Lipinski definition) is 8. The number of rotatable bonds is 7. The van der Waals surface area contributed by atoms with Crippen molar-refractivity contribution < 1.29 is 4.92 Å². The molecule has 3 heterocycles. The number of pyridine rings is 1. The summed E-state index contributed by atoms with van der Waals surface area (Å²) in [5.74, 6) is 0.710. The number of piperazine rings is 1. The molecule has 0 bridgehead atoms. The molecule has 6 rings (SSSR count). The quantitative estimate of drug-likeness (QED) is 0.282. The molecule has 1 N–H and O–H groups in total. The summed E-state index contributed by atoms with van der Waals surface area (Å²) in [6.45, 7) is 4.92. The van der Waals surface area contributed by atoms with Crippen LogP contribution >= 0.6 is 0 Å². The molecule has 1 aliphatic heterocycles. The summed E-state index contributed by atoms with van der Waals surface area (Å²) in [5.41, 5.74) is 3.58. The van der Waals surface area contributed by atoms with Crippen molar-refractivity contribution in [2.24, 2.45) is 0 Å². The largest absolute Gasteiger partial charge is 0.369 e. The van der Waals surface area contributed by atoms with E-state index in [0.717, 1.165) is 48.7 Å². The number of fused-ring (bicyclic) bond motifs is 1. The summed E-state index contributed by atoms with van der Waals surface area (Å²) >= 11 is 0. The van der Waals surface area contributed by atoms with Crippen molar-refractivity contribution >= 4 is 22.3 Å². The van der Waals surface area contributed by atoms with E-state index in [2.05, 4.69) is 43.3 Å². The van der Waals surface area contributed by atoms with Gasteiger partial charge in [0.2, 0.25) is 0 Å². The monoisotopic (exact) mass is 528 g/mol. The van der Waals surface area contributed by atoms with Gasteiger partial charge in [0.1, 0.15) is 6.04 Å². The van der Waals surface area contributed by atoms with E-state index in [1.165, 1.54) is 5.56 Å². The molecule has 202 valence electrons. The number of non-ortho nitro benzene ring substituents is 1. The molecule has 2 aliphatic rings. The van der Waals surface area contributed by atoms with Gasteiger partial charge < -0.3 is 9.88 Å². The standard InChI is InChI=1S/C28H32N8O3/c1-2-19-7-12-25-20(17-19)18-24(28(37)29-25)26(27-30-31-32-35(27)22-5-3-4-6-22)34-15-13-33(14-16-34)21-8-10-23(11-9-21)36(38)39/h7-12,17-18,22,26H,2-6,13-16H2,1H3,(H,29,37)/t26-/m0/s1. The minimum absolute atomic E-state index is 0.0814. The molecule has 2 aromatic carbocycles. The number of nitrogens with zero attached hydrogens (tertiary/aromatic N) is 7. The fourth-order valence-electron chi connectivity index (χ4n) is 6.01. The highest BCUT2D eigenvalue weighted by atomic mass is 16.6. The molecule has 0 amide bonds. The maximum Gasteiger partial charge on any atom is 0.269 e. The predicted molar refractivity (Wildman–Crippen MR) is 148 cm³/mol. The minimum atomic E-state index is -0.391. The second-order valence-electron chi connectivity index (χ2n) is 10.4. The molecular weight excluding hydrogens is 496 g/mol. The summed E-state index contributed by atoms with van der Waals surface area (Å²) in [4.78, 5) is 31.8. The first kappa shape index (κ1) is 25.2. The zero-order valence-corrected chi connectivity index (χ0v) is 22.0. The Morgan fingerprint density at radius 3 is 2.49 bits per heavy atom. The number of anilines is 1. The summed E-state index contributed by atoms with van der Waals surface area (Å²) in [7, 11) is 0. The number of aromatic amines is 1. The lowest BCUT2D eigenvalue weighted by atomic mass is 10.0. The highest BCUT2D eigenvalue weighted by molar-refractivity contribution is 5.80. The van der Waals surface area contributed by atoms with Crippen LogP contribution in [0.1, 0.15) is 61.6 Å². The number of nitro benzene ring substituents is 1. The third-order valence-electron chi connectivity index (χ3n) is 8.18. The Balaban J connectivity index is 1.35. The first-order valence-corrected chi connectivity index (χ1v) is 13.7. The van der Waals surface area contributed by atoms with Crippen molar-refractivity contribution in [3.63, 3.8) is 0 Å². The van der Waals surface area contributed by atoms with Gasteiger partial charge in [-0.15, -0.1) is 5.10 Å². The third-order valence-corrected chi connectivity index (χ3v) is 8.18. The van der Waals surface area contributed by atoms with E-state index in [4.69, 9.17) is 0 Å². The maximum absolute atomic E-state index is 13.5. The van der Waals surface area contributed by atoms with Crippen LogP contribution in [-0.4, -0.2) is 61.2 Å². The van der Waals surface area contributed by atoms with Gasteiger partial charge in [-0.25, -0.2) is 4.68 Å². The van der Waals surface area contributed by atoms with Crippen LogP contribution in [0.5, 0.6) is 0 Å². The summed E-state index contributed by atoms with van der Waals surface area (Å²) in [5, 5.41) is 25.0. The molecule has 0 spiro atoms. The van der Waals surface area contributed by atoms with Gasteiger partial charge in [0.15, 0.2) is 5.82 Å². The lowest BCUT2D eigenvalue weighted by molar-refractivity contribution is -0.384. The lowest BCUT2D eigenvalue weighted by Gasteiger charge is -2.39. The van der Waals surface area contributed by atoms with Crippen molar-refractivity contribution in [3.8, 4) is 0 Å². The van der Waals surface area contributed by atoms with Gasteiger partial charge >= 0.3 is 0 Å². The Morgan fingerprint density at radius 1 is 1.05 bits per heavy atom. The molecule has 0 unspecified atom stereocenters. The van der Waals surface area contributed by atoms with Crippen LogP contribution in [0.4, 0.5) is 11.4 Å². The van der Waals surface area contributed by atoms with Gasteiger partial charge in [0.25, 0.3) is 11.2 Å². The van der Waals surface area contributed by atoms with E-state index in [1.807, 2.05) is 22.9 Å². The number of aromatic nitrogens is 5. The Hall–Kier alpha value is -4.12. The first-order chi connectivity index (χ1) is 19.0. The smallest absolute Gasteiger partial charge is 0.269 e. The molecule has 39 heavy (non-hydrogen) atoms. The predicted octanol–water partition coefficient (Wildman–Crippen LogP) is 4.01. The summed E-state index contributed by atoms with van der Waals surface area (Å²) < 4.78 is 1.95.